The van der Waals surface area contributed by atoms with Crippen LogP contribution in [0.3, 0.4) is 0 Å². The normalized spacial score (nSPS) is 11.3. The van der Waals surface area contributed by atoms with Crippen LogP contribution in [0.15, 0.2) is 0 Å². The van der Waals surface area contributed by atoms with Gasteiger partial charge in [-0.05, 0) is 25.7 Å². The van der Waals surface area contributed by atoms with Gasteiger partial charge < -0.3 is 4.48 Å². The Kier molecular flexibility index (Phi) is 16.0. The number of hydrogen-bond acceptors (Lipinski definition) is 0. The first kappa shape index (κ1) is 20.8. The van der Waals surface area contributed by atoms with Crippen LogP contribution in [0.5, 0.6) is 0 Å². The molecule has 0 aliphatic heterocycles. The summed E-state index contributed by atoms with van der Waals surface area (Å²) in [7, 11) is 0. The van der Waals surface area contributed by atoms with Gasteiger partial charge in [0.1, 0.15) is 0 Å². The number of nitrogens with zero attached hydrogens (tertiary/aromatic N) is 1. The van der Waals surface area contributed by atoms with Gasteiger partial charge in [0.25, 0.3) is 0 Å². The maximum Gasteiger partial charge on any atom is 1.00 e. The molecular formula is C16H38BrN+2. The van der Waals surface area contributed by atoms with Crippen molar-refractivity contribution < 1.29 is 5.91 Å². The zero-order valence-corrected chi connectivity index (χ0v) is 15.1. The molecule has 2 heteroatoms. The van der Waals surface area contributed by atoms with Crippen LogP contribution in [-0.2, 0) is 0 Å². The van der Waals surface area contributed by atoms with Crippen molar-refractivity contribution in [3.63, 3.8) is 0 Å². The quantitative estimate of drug-likeness (QED) is 0.404. The minimum atomic E-state index is 0. The summed E-state index contributed by atoms with van der Waals surface area (Å²) >= 11 is 0. The summed E-state index contributed by atoms with van der Waals surface area (Å²) in [4.78, 5) is 0. The van der Waals surface area contributed by atoms with E-state index in [1.807, 2.05) is 0 Å². The molecule has 18 heavy (non-hydrogen) atoms. The molecule has 0 aliphatic rings. The van der Waals surface area contributed by atoms with E-state index in [9.17, 15) is 0 Å². The Morgan fingerprint density at radius 1 is 0.556 bits per heavy atom. The molecule has 0 bridgehead atoms. The average Bonchev–Trinajstić information content (AvgIpc) is 2.37. The van der Waals surface area contributed by atoms with Crippen LogP contribution in [0, 0.1) is 0 Å². The third-order valence-electron chi connectivity index (χ3n) is 3.94. The van der Waals surface area contributed by atoms with E-state index in [2.05, 4.69) is 27.7 Å². The van der Waals surface area contributed by atoms with Gasteiger partial charge in [-0.25, -0.2) is 0 Å². The molecule has 0 aliphatic carbocycles. The standard InChI is InChI=1S/C16H36N.BrH/c1-5-9-13-17(14-10-6-2,15-11-7-3)16-12-8-4;/h5-16H2,1-4H3;1H/q+1;/p+1. The van der Waals surface area contributed by atoms with Crippen LogP contribution in [0.1, 0.15) is 80.5 Å². The molecule has 0 aromatic heterocycles. The summed E-state index contributed by atoms with van der Waals surface area (Å²) in [6, 6.07) is 0. The van der Waals surface area contributed by atoms with Crippen molar-refractivity contribution in [3.05, 3.63) is 0 Å². The highest BCUT2D eigenvalue weighted by Crippen LogP contribution is 2.16. The molecule has 0 fully saturated rings. The van der Waals surface area contributed by atoms with Gasteiger partial charge in [0.15, 0.2) is 0 Å². The largest absolute Gasteiger partial charge is 1.00 e. The zero-order chi connectivity index (χ0) is 13.0. The van der Waals surface area contributed by atoms with Crippen molar-refractivity contribution in [2.45, 2.75) is 79.1 Å². The molecule has 0 amide bonds. The Morgan fingerprint density at radius 3 is 0.944 bits per heavy atom. The molecule has 0 rings (SSSR count). The number of halogens is 1. The first-order chi connectivity index (χ1) is 8.24. The summed E-state index contributed by atoms with van der Waals surface area (Å²) in [5, 5.41) is 0. The maximum absolute atomic E-state index is 2.33. The monoisotopic (exact) mass is 323 g/mol. The third kappa shape index (κ3) is 9.38. The minimum Gasteiger partial charge on any atom is -0.324 e. The van der Waals surface area contributed by atoms with E-state index in [1.165, 1.54) is 82.0 Å². The summed E-state index contributed by atoms with van der Waals surface area (Å²) in [5.74, 6) is 0. The molecule has 0 radical (unpaired) electrons. The molecule has 0 unspecified atom stereocenters. The van der Waals surface area contributed by atoms with Gasteiger partial charge >= 0.3 is 1.43 Å². The van der Waals surface area contributed by atoms with Crippen LogP contribution in [-0.4, -0.2) is 30.7 Å². The first-order valence-electron chi connectivity index (χ1n) is 8.09. The van der Waals surface area contributed by atoms with Crippen molar-refractivity contribution in [3.8, 4) is 0 Å². The van der Waals surface area contributed by atoms with Crippen LogP contribution < -0.4 is 0 Å². The summed E-state index contributed by atoms with van der Waals surface area (Å²) in [6.45, 7) is 15.0. The van der Waals surface area contributed by atoms with Gasteiger partial charge in [0.05, 0.1) is 26.2 Å². The van der Waals surface area contributed by atoms with E-state index in [4.69, 9.17) is 0 Å². The van der Waals surface area contributed by atoms with Crippen molar-refractivity contribution in [2.24, 2.45) is 0 Å². The van der Waals surface area contributed by atoms with Gasteiger partial charge in [-0.15, -0.1) is 17.0 Å². The number of unbranched alkanes of at least 4 members (excludes halogenated alkanes) is 4. The second kappa shape index (κ2) is 13.9. The molecule has 0 N–H and O–H groups in total. The number of rotatable bonds is 12. The lowest BCUT2D eigenvalue weighted by Crippen LogP contribution is -2.50. The Bertz CT molecular complexity index is 127. The molecule has 0 spiro atoms. The van der Waals surface area contributed by atoms with E-state index in [1.54, 1.807) is 0 Å². The number of hydrogen-bond donors (Lipinski definition) is 0. The molecule has 0 aromatic rings. The Morgan fingerprint density at radius 2 is 0.778 bits per heavy atom. The fourth-order valence-electron chi connectivity index (χ4n) is 2.64. The molecule has 0 atom stereocenters. The van der Waals surface area contributed by atoms with E-state index in [-0.39, 0.29) is 18.4 Å². The van der Waals surface area contributed by atoms with Gasteiger partial charge in [0.2, 0.25) is 0 Å². The topological polar surface area (TPSA) is 0 Å². The lowest BCUT2D eigenvalue weighted by atomic mass is 10.1. The highest BCUT2D eigenvalue weighted by Gasteiger charge is 2.24. The molecule has 0 heterocycles. The fraction of sp³-hybridized carbons (Fsp3) is 1.00. The predicted octanol–water partition coefficient (Wildman–Crippen LogP) is 5.69. The van der Waals surface area contributed by atoms with Crippen molar-refractivity contribution in [1.82, 2.24) is 0 Å². The molecule has 1 nitrogen and oxygen atoms in total. The van der Waals surface area contributed by atoms with Gasteiger partial charge in [0, 0.05) is 0 Å². The Balaban J connectivity index is -0.00000128. The van der Waals surface area contributed by atoms with Crippen LogP contribution in [0.25, 0.3) is 0 Å². The predicted molar refractivity (Wildman–Crippen MR) is 90.8 cm³/mol. The van der Waals surface area contributed by atoms with Gasteiger partial charge in [-0.2, -0.15) is 0 Å². The van der Waals surface area contributed by atoms with Gasteiger partial charge in [-0.3, -0.25) is 0 Å². The second-order valence-corrected chi connectivity index (χ2v) is 5.65. The highest BCUT2D eigenvalue weighted by atomic mass is 79.9. The van der Waals surface area contributed by atoms with E-state index >= 15 is 0 Å². The molecule has 0 saturated carbocycles. The van der Waals surface area contributed by atoms with Crippen LogP contribution >= 0.6 is 17.0 Å². The van der Waals surface area contributed by atoms with Crippen molar-refractivity contribution in [1.29, 1.82) is 0 Å². The van der Waals surface area contributed by atoms with E-state index < -0.39 is 0 Å². The third-order valence-corrected chi connectivity index (χ3v) is 3.94. The summed E-state index contributed by atoms with van der Waals surface area (Å²) in [5.41, 5.74) is 0. The van der Waals surface area contributed by atoms with Crippen LogP contribution in [0.2, 0.25) is 0 Å². The fourth-order valence-corrected chi connectivity index (χ4v) is 2.64. The van der Waals surface area contributed by atoms with E-state index in [0.29, 0.717) is 0 Å². The lowest BCUT2D eigenvalue weighted by Gasteiger charge is -2.39. The summed E-state index contributed by atoms with van der Waals surface area (Å²) < 4.78 is 1.42. The maximum atomic E-state index is 2.33. The number of quaternary nitrogens is 1. The molecule has 112 valence electrons. The lowest BCUT2D eigenvalue weighted by molar-refractivity contribution is -0.929. The van der Waals surface area contributed by atoms with E-state index in [0.717, 1.165) is 0 Å². The molecule has 0 aromatic carbocycles. The zero-order valence-electron chi connectivity index (χ0n) is 14.3. The average molecular weight is 324 g/mol. The Labute approximate surface area is 128 Å². The van der Waals surface area contributed by atoms with Crippen LogP contribution in [0.4, 0.5) is 0 Å². The molecule has 0 saturated heterocycles. The van der Waals surface area contributed by atoms with Crippen molar-refractivity contribution >= 4 is 17.0 Å². The molecular weight excluding hydrogens is 286 g/mol. The smallest absolute Gasteiger partial charge is 0.324 e. The van der Waals surface area contributed by atoms with Gasteiger partial charge in [-0.1, -0.05) is 53.4 Å². The summed E-state index contributed by atoms with van der Waals surface area (Å²) in [6.07, 6.45) is 11.1. The minimum absolute atomic E-state index is 0. The second-order valence-electron chi connectivity index (χ2n) is 5.65. The van der Waals surface area contributed by atoms with Crippen molar-refractivity contribution in [2.75, 3.05) is 26.2 Å². The first-order valence-corrected chi connectivity index (χ1v) is 8.09. The SMILES string of the molecule is Br.CCCC[N+](CCCC)(CCCC)CCCC.[H+]. The highest BCUT2D eigenvalue weighted by molar-refractivity contribution is 8.93. The Hall–Kier alpha value is 0.440.